The second kappa shape index (κ2) is 13.0. The molecule has 1 aliphatic heterocycles. The molecule has 2 fully saturated rings. The van der Waals surface area contributed by atoms with E-state index in [1.807, 2.05) is 61.7 Å². The van der Waals surface area contributed by atoms with Crippen molar-refractivity contribution in [2.45, 2.75) is 63.6 Å². The minimum absolute atomic E-state index is 0.120. The minimum atomic E-state index is -0.720. The van der Waals surface area contributed by atoms with Crippen molar-refractivity contribution in [1.29, 1.82) is 0 Å². The number of carbonyl (C=O) groups is 2. The lowest BCUT2D eigenvalue weighted by Gasteiger charge is -2.40. The van der Waals surface area contributed by atoms with Crippen molar-refractivity contribution in [3.63, 3.8) is 0 Å². The van der Waals surface area contributed by atoms with Crippen molar-refractivity contribution >= 4 is 34.3 Å². The van der Waals surface area contributed by atoms with Crippen molar-refractivity contribution in [2.75, 3.05) is 32.7 Å². The Morgan fingerprint density at radius 3 is 2.49 bits per heavy atom. The number of rotatable bonds is 9. The van der Waals surface area contributed by atoms with E-state index in [1.54, 1.807) is 0 Å². The minimum Gasteiger partial charge on any atom is -0.361 e. The largest absolute Gasteiger partial charge is 0.361 e. The number of fused-ring (bicyclic) bond motifs is 1. The molecule has 0 radical (unpaired) electrons. The van der Waals surface area contributed by atoms with E-state index in [2.05, 4.69) is 25.4 Å². The first-order chi connectivity index (χ1) is 19.0. The number of aromatic amines is 1. The maximum Gasteiger partial charge on any atom is 0.243 e. The fourth-order valence-corrected chi connectivity index (χ4v) is 6.36. The van der Waals surface area contributed by atoms with Crippen molar-refractivity contribution in [1.82, 2.24) is 25.4 Å². The highest BCUT2D eigenvalue weighted by atomic mass is 35.5. The van der Waals surface area contributed by atoms with E-state index in [9.17, 15) is 9.59 Å². The topological polar surface area (TPSA) is 80.5 Å². The third kappa shape index (κ3) is 6.83. The molecule has 39 heavy (non-hydrogen) atoms. The predicted molar refractivity (Wildman–Crippen MR) is 157 cm³/mol. The Hall–Kier alpha value is -2.87. The molecule has 5 rings (SSSR count). The normalized spacial score (nSPS) is 19.0. The zero-order valence-corrected chi connectivity index (χ0v) is 23.6. The summed E-state index contributed by atoms with van der Waals surface area (Å²) in [6.07, 6.45) is 8.58. The van der Waals surface area contributed by atoms with Crippen molar-refractivity contribution in [3.8, 4) is 0 Å². The SMILES string of the molecule is CC(c1c[nH]c2ccccc12)C(NC(=O)CN1CCN(C2CCCCC2)CC1)C(=O)NCc1ccccc1Cl. The first-order valence-electron chi connectivity index (χ1n) is 14.3. The molecule has 3 N–H and O–H groups in total. The van der Waals surface area contributed by atoms with Gasteiger partial charge in [0.15, 0.2) is 0 Å². The number of aromatic nitrogens is 1. The van der Waals surface area contributed by atoms with Gasteiger partial charge in [0, 0.05) is 66.8 Å². The van der Waals surface area contributed by atoms with Gasteiger partial charge in [0.1, 0.15) is 6.04 Å². The molecule has 208 valence electrons. The smallest absolute Gasteiger partial charge is 0.243 e. The highest BCUT2D eigenvalue weighted by molar-refractivity contribution is 6.31. The summed E-state index contributed by atoms with van der Waals surface area (Å²) < 4.78 is 0. The lowest BCUT2D eigenvalue weighted by molar-refractivity contribution is -0.130. The number of benzene rings is 2. The summed E-state index contributed by atoms with van der Waals surface area (Å²) in [6.45, 7) is 6.37. The molecule has 2 amide bonds. The van der Waals surface area contributed by atoms with Crippen LogP contribution in [0, 0.1) is 0 Å². The third-order valence-electron chi connectivity index (χ3n) is 8.49. The van der Waals surface area contributed by atoms with Gasteiger partial charge in [0.2, 0.25) is 11.8 Å². The summed E-state index contributed by atoms with van der Waals surface area (Å²) >= 11 is 6.31. The van der Waals surface area contributed by atoms with E-state index in [4.69, 9.17) is 11.6 Å². The number of para-hydroxylation sites is 1. The first kappa shape index (κ1) is 27.7. The van der Waals surface area contributed by atoms with Crippen LogP contribution >= 0.6 is 11.6 Å². The second-order valence-electron chi connectivity index (χ2n) is 11.0. The molecule has 2 aromatic carbocycles. The van der Waals surface area contributed by atoms with Crippen LogP contribution in [0.25, 0.3) is 10.9 Å². The summed E-state index contributed by atoms with van der Waals surface area (Å²) in [5.41, 5.74) is 2.86. The zero-order chi connectivity index (χ0) is 27.2. The van der Waals surface area contributed by atoms with Gasteiger partial charge >= 0.3 is 0 Å². The predicted octanol–water partition coefficient (Wildman–Crippen LogP) is 4.68. The zero-order valence-electron chi connectivity index (χ0n) is 22.8. The van der Waals surface area contributed by atoms with Crippen LogP contribution in [0.2, 0.25) is 5.02 Å². The van der Waals surface area contributed by atoms with Gasteiger partial charge in [-0.15, -0.1) is 0 Å². The molecule has 0 bridgehead atoms. The number of halogens is 1. The molecular formula is C31H40ClN5O2. The van der Waals surface area contributed by atoms with E-state index in [0.717, 1.165) is 48.2 Å². The maximum atomic E-state index is 13.5. The highest BCUT2D eigenvalue weighted by Gasteiger charge is 2.31. The number of carbonyl (C=O) groups excluding carboxylic acids is 2. The number of hydrogen-bond donors (Lipinski definition) is 3. The number of piperazine rings is 1. The first-order valence-corrected chi connectivity index (χ1v) is 14.7. The molecule has 2 aliphatic rings. The molecule has 8 heteroatoms. The van der Waals surface area contributed by atoms with E-state index in [0.29, 0.717) is 24.2 Å². The Bertz CT molecular complexity index is 1260. The fraction of sp³-hybridized carbons (Fsp3) is 0.484. The number of hydrogen-bond acceptors (Lipinski definition) is 4. The van der Waals surface area contributed by atoms with Crippen LogP contribution in [0.4, 0.5) is 0 Å². The van der Waals surface area contributed by atoms with Gasteiger partial charge in [-0.05, 0) is 36.1 Å². The number of nitrogens with one attached hydrogen (secondary N) is 3. The van der Waals surface area contributed by atoms with Gasteiger partial charge in [-0.3, -0.25) is 19.4 Å². The quantitative estimate of drug-likeness (QED) is 0.362. The van der Waals surface area contributed by atoms with Gasteiger partial charge in [-0.25, -0.2) is 0 Å². The molecule has 1 aromatic heterocycles. The number of H-pyrrole nitrogens is 1. The fourth-order valence-electron chi connectivity index (χ4n) is 6.16. The molecular weight excluding hydrogens is 510 g/mol. The summed E-state index contributed by atoms with van der Waals surface area (Å²) in [5.74, 6) is -0.576. The summed E-state index contributed by atoms with van der Waals surface area (Å²) in [7, 11) is 0. The lowest BCUT2D eigenvalue weighted by Crippen LogP contribution is -2.55. The molecule has 0 spiro atoms. The number of amides is 2. The second-order valence-corrected chi connectivity index (χ2v) is 11.4. The van der Waals surface area contributed by atoms with Crippen LogP contribution < -0.4 is 10.6 Å². The van der Waals surface area contributed by atoms with Gasteiger partial charge in [0.05, 0.1) is 6.54 Å². The molecule has 1 aliphatic carbocycles. The Balaban J connectivity index is 1.24. The van der Waals surface area contributed by atoms with E-state index in [1.165, 1.54) is 32.1 Å². The standard InChI is InChI=1S/C31H40ClN5O2/c1-22(26-20-33-28-14-8-6-12-25(26)28)30(31(39)34-19-23-9-5-7-13-27(23)32)35-29(38)21-36-15-17-37(18-16-36)24-10-3-2-4-11-24/h5-9,12-14,20,22,24,30,33H,2-4,10-11,15-19,21H2,1H3,(H,34,39)(H,35,38). The summed E-state index contributed by atoms with van der Waals surface area (Å²) in [5, 5.41) is 7.77. The van der Waals surface area contributed by atoms with Gasteiger partial charge < -0.3 is 15.6 Å². The van der Waals surface area contributed by atoms with E-state index < -0.39 is 6.04 Å². The van der Waals surface area contributed by atoms with Gasteiger partial charge in [-0.1, -0.05) is 74.2 Å². The van der Waals surface area contributed by atoms with Crippen LogP contribution in [0.3, 0.4) is 0 Å². The van der Waals surface area contributed by atoms with Crippen LogP contribution in [0.1, 0.15) is 56.1 Å². The van der Waals surface area contributed by atoms with Crippen LogP contribution in [0.5, 0.6) is 0 Å². The average Bonchev–Trinajstić information content (AvgIpc) is 3.40. The molecule has 1 saturated heterocycles. The Morgan fingerprint density at radius 1 is 1.00 bits per heavy atom. The molecule has 2 atom stereocenters. The highest BCUT2D eigenvalue weighted by Crippen LogP contribution is 2.28. The van der Waals surface area contributed by atoms with Crippen molar-refractivity contribution in [2.24, 2.45) is 0 Å². The van der Waals surface area contributed by atoms with E-state index >= 15 is 0 Å². The Labute approximate surface area is 236 Å². The summed E-state index contributed by atoms with van der Waals surface area (Å²) in [6, 6.07) is 15.5. The molecule has 3 aromatic rings. The Morgan fingerprint density at radius 2 is 1.72 bits per heavy atom. The lowest BCUT2D eigenvalue weighted by atomic mass is 9.92. The monoisotopic (exact) mass is 549 g/mol. The molecule has 2 unspecified atom stereocenters. The Kier molecular flexibility index (Phi) is 9.22. The van der Waals surface area contributed by atoms with Crippen molar-refractivity contribution in [3.05, 3.63) is 70.9 Å². The molecule has 2 heterocycles. The van der Waals surface area contributed by atoms with Gasteiger partial charge in [-0.2, -0.15) is 0 Å². The van der Waals surface area contributed by atoms with E-state index in [-0.39, 0.29) is 17.7 Å². The van der Waals surface area contributed by atoms with Crippen LogP contribution in [-0.2, 0) is 16.1 Å². The van der Waals surface area contributed by atoms with Gasteiger partial charge in [0.25, 0.3) is 0 Å². The summed E-state index contributed by atoms with van der Waals surface area (Å²) in [4.78, 5) is 35.0. The maximum absolute atomic E-state index is 13.5. The van der Waals surface area contributed by atoms with Crippen LogP contribution in [-0.4, -0.2) is 71.4 Å². The number of nitrogens with zero attached hydrogens (tertiary/aromatic N) is 2. The van der Waals surface area contributed by atoms with Crippen LogP contribution in [0.15, 0.2) is 54.7 Å². The third-order valence-corrected chi connectivity index (χ3v) is 8.86. The molecule has 7 nitrogen and oxygen atoms in total. The average molecular weight is 550 g/mol. The van der Waals surface area contributed by atoms with Crippen molar-refractivity contribution < 1.29 is 9.59 Å². The molecule has 1 saturated carbocycles.